The quantitative estimate of drug-likeness (QED) is 0.556. The molecular weight excluding hydrogens is 227 g/mol. The second-order valence-corrected chi connectivity index (χ2v) is 5.69. The second kappa shape index (κ2) is 5.65. The smallest absolute Gasteiger partial charge is 0.106 e. The van der Waals surface area contributed by atoms with E-state index in [0.717, 1.165) is 0 Å². The molecule has 0 amide bonds. The highest BCUT2D eigenvalue weighted by atomic mass is 14.2. The summed E-state index contributed by atoms with van der Waals surface area (Å²) >= 11 is 0. The molecule has 3 rings (SSSR count). The van der Waals surface area contributed by atoms with Crippen molar-refractivity contribution in [1.29, 1.82) is 0 Å². The monoisotopic (exact) mass is 248 g/mol. The molecule has 0 saturated carbocycles. The molecule has 0 nitrogen and oxygen atoms in total. The fraction of sp³-hybridized carbons (Fsp3) is 0.333. The molecule has 1 aliphatic heterocycles. The van der Waals surface area contributed by atoms with E-state index in [4.69, 9.17) is 0 Å². The zero-order valence-corrected chi connectivity index (χ0v) is 11.5. The molecule has 0 spiro atoms. The van der Waals surface area contributed by atoms with Crippen molar-refractivity contribution in [3.05, 3.63) is 66.2 Å². The van der Waals surface area contributed by atoms with E-state index in [2.05, 4.69) is 55.0 Å². The average molecular weight is 248 g/mol. The lowest BCUT2D eigenvalue weighted by Gasteiger charge is -2.18. The van der Waals surface area contributed by atoms with E-state index in [9.17, 15) is 0 Å². The molecular formula is C18H21B. The van der Waals surface area contributed by atoms with Gasteiger partial charge in [0.25, 0.3) is 0 Å². The van der Waals surface area contributed by atoms with Crippen LogP contribution in [-0.4, -0.2) is 6.71 Å². The number of hydrogen-bond donors (Lipinski definition) is 0. The van der Waals surface area contributed by atoms with E-state index >= 15 is 0 Å². The molecule has 1 aromatic carbocycles. The van der Waals surface area contributed by atoms with Crippen LogP contribution in [0.3, 0.4) is 0 Å². The normalized spacial score (nSPS) is 22.9. The van der Waals surface area contributed by atoms with E-state index in [1.54, 1.807) is 11.1 Å². The van der Waals surface area contributed by atoms with Crippen molar-refractivity contribution < 1.29 is 0 Å². The first-order chi connectivity index (χ1) is 9.38. The van der Waals surface area contributed by atoms with Crippen LogP contribution < -0.4 is 5.46 Å². The van der Waals surface area contributed by atoms with Crippen LogP contribution in [0.25, 0.3) is 0 Å². The Morgan fingerprint density at radius 2 is 2.00 bits per heavy atom. The van der Waals surface area contributed by atoms with Gasteiger partial charge in [0.15, 0.2) is 0 Å². The Balaban J connectivity index is 1.88. The minimum atomic E-state index is 0.551. The van der Waals surface area contributed by atoms with Gasteiger partial charge in [-0.15, -0.1) is 12.6 Å². The molecule has 1 unspecified atom stereocenters. The number of allylic oxidation sites excluding steroid dienone is 4. The van der Waals surface area contributed by atoms with E-state index in [0.29, 0.717) is 12.6 Å². The van der Waals surface area contributed by atoms with Gasteiger partial charge >= 0.3 is 0 Å². The van der Waals surface area contributed by atoms with E-state index in [-0.39, 0.29) is 0 Å². The summed E-state index contributed by atoms with van der Waals surface area (Å²) in [6.45, 7) is 4.62. The Hall–Kier alpha value is -1.50. The highest BCUT2D eigenvalue weighted by molar-refractivity contribution is 6.78. The fourth-order valence-corrected chi connectivity index (χ4v) is 3.41. The molecule has 2 aliphatic rings. The minimum absolute atomic E-state index is 0.551. The molecule has 0 radical (unpaired) electrons. The maximum Gasteiger partial charge on any atom is 0.202 e. The number of hydrogen-bond acceptors (Lipinski definition) is 0. The SMILES string of the molecule is C=CC1CB(c2ccccc2)C=C1C1=CCCCC1. The summed E-state index contributed by atoms with van der Waals surface area (Å²) in [4.78, 5) is 0. The van der Waals surface area contributed by atoms with Gasteiger partial charge in [0.05, 0.1) is 0 Å². The molecule has 0 N–H and O–H groups in total. The van der Waals surface area contributed by atoms with Crippen LogP contribution in [0.15, 0.2) is 66.2 Å². The standard InChI is InChI=1S/C18H21B/c1-2-15-13-19(17-11-7-4-8-12-17)14-18(15)16-9-5-3-6-10-16/h2,4,7-9,11-12,14-15H,1,3,5-6,10,13H2. The number of benzene rings is 1. The summed E-state index contributed by atoms with van der Waals surface area (Å²) < 4.78 is 0. The Morgan fingerprint density at radius 1 is 1.16 bits per heavy atom. The predicted octanol–water partition coefficient (Wildman–Crippen LogP) is 4.17. The molecule has 0 aromatic heterocycles. The van der Waals surface area contributed by atoms with Crippen LogP contribution in [0.4, 0.5) is 0 Å². The number of rotatable bonds is 3. The molecule has 96 valence electrons. The summed E-state index contributed by atoms with van der Waals surface area (Å²) in [6, 6.07) is 10.9. The lowest BCUT2D eigenvalue weighted by Crippen LogP contribution is -2.26. The summed E-state index contributed by atoms with van der Waals surface area (Å²) in [5, 5.41) is 0. The van der Waals surface area contributed by atoms with Crippen LogP contribution in [0.5, 0.6) is 0 Å². The third-order valence-electron chi connectivity index (χ3n) is 4.46. The first-order valence-electron chi connectivity index (χ1n) is 7.47. The Morgan fingerprint density at radius 3 is 2.68 bits per heavy atom. The Bertz CT molecular complexity index is 510. The highest BCUT2D eigenvalue weighted by Crippen LogP contribution is 2.36. The maximum absolute atomic E-state index is 4.05. The summed E-state index contributed by atoms with van der Waals surface area (Å²) in [7, 11) is 0. The molecule has 0 bridgehead atoms. The van der Waals surface area contributed by atoms with Crippen LogP contribution in [0, 0.1) is 5.92 Å². The Kier molecular flexibility index (Phi) is 3.73. The highest BCUT2D eigenvalue weighted by Gasteiger charge is 2.29. The van der Waals surface area contributed by atoms with Gasteiger partial charge in [-0.05, 0) is 37.2 Å². The minimum Gasteiger partial charge on any atom is -0.106 e. The first kappa shape index (κ1) is 12.5. The van der Waals surface area contributed by atoms with Gasteiger partial charge in [-0.25, -0.2) is 0 Å². The van der Waals surface area contributed by atoms with Gasteiger partial charge < -0.3 is 0 Å². The summed E-state index contributed by atoms with van der Waals surface area (Å²) in [5.41, 5.74) is 4.60. The van der Waals surface area contributed by atoms with Crippen molar-refractivity contribution >= 4 is 12.2 Å². The third kappa shape index (κ3) is 2.61. The van der Waals surface area contributed by atoms with Crippen molar-refractivity contribution in [2.45, 2.75) is 32.0 Å². The fourth-order valence-electron chi connectivity index (χ4n) is 3.41. The topological polar surface area (TPSA) is 0 Å². The largest absolute Gasteiger partial charge is 0.202 e. The van der Waals surface area contributed by atoms with Crippen molar-refractivity contribution in [3.63, 3.8) is 0 Å². The maximum atomic E-state index is 4.05. The average Bonchev–Trinajstić information content (AvgIpc) is 2.93. The van der Waals surface area contributed by atoms with E-state index < -0.39 is 0 Å². The van der Waals surface area contributed by atoms with Crippen molar-refractivity contribution in [2.75, 3.05) is 0 Å². The molecule has 19 heavy (non-hydrogen) atoms. The molecule has 1 aromatic rings. The summed E-state index contributed by atoms with van der Waals surface area (Å²) in [6.07, 6.45) is 11.0. The Labute approximate surface area is 117 Å². The van der Waals surface area contributed by atoms with Crippen molar-refractivity contribution in [2.24, 2.45) is 5.92 Å². The molecule has 1 heteroatoms. The summed E-state index contributed by atoms with van der Waals surface area (Å²) in [5.74, 6) is 3.05. The van der Waals surface area contributed by atoms with Gasteiger partial charge in [0.1, 0.15) is 0 Å². The zero-order chi connectivity index (χ0) is 13.1. The van der Waals surface area contributed by atoms with E-state index in [1.807, 2.05) is 0 Å². The molecule has 1 atom stereocenters. The van der Waals surface area contributed by atoms with Gasteiger partial charge in [0, 0.05) is 0 Å². The molecule has 0 saturated heterocycles. The van der Waals surface area contributed by atoms with Crippen LogP contribution in [-0.2, 0) is 0 Å². The predicted molar refractivity (Wildman–Crippen MR) is 85.0 cm³/mol. The third-order valence-corrected chi connectivity index (χ3v) is 4.46. The lowest BCUT2D eigenvalue weighted by atomic mass is 9.44. The van der Waals surface area contributed by atoms with Crippen LogP contribution in [0.2, 0.25) is 6.32 Å². The molecule has 1 aliphatic carbocycles. The first-order valence-corrected chi connectivity index (χ1v) is 7.47. The van der Waals surface area contributed by atoms with Gasteiger partial charge in [0.2, 0.25) is 6.71 Å². The van der Waals surface area contributed by atoms with Gasteiger partial charge in [-0.3, -0.25) is 0 Å². The van der Waals surface area contributed by atoms with Crippen molar-refractivity contribution in [1.82, 2.24) is 0 Å². The van der Waals surface area contributed by atoms with E-state index in [1.165, 1.54) is 37.5 Å². The lowest BCUT2D eigenvalue weighted by molar-refractivity contribution is 0.692. The van der Waals surface area contributed by atoms with Gasteiger partial charge in [-0.1, -0.05) is 59.8 Å². The molecule has 0 fully saturated rings. The zero-order valence-electron chi connectivity index (χ0n) is 11.5. The second-order valence-electron chi connectivity index (χ2n) is 5.69. The van der Waals surface area contributed by atoms with Crippen molar-refractivity contribution in [3.8, 4) is 0 Å². The van der Waals surface area contributed by atoms with Crippen LogP contribution in [0.1, 0.15) is 25.7 Å². The van der Waals surface area contributed by atoms with Gasteiger partial charge in [-0.2, -0.15) is 0 Å². The van der Waals surface area contributed by atoms with Crippen LogP contribution >= 0.6 is 0 Å². The molecule has 1 heterocycles.